The summed E-state index contributed by atoms with van der Waals surface area (Å²) in [6.45, 7) is 4.49. The van der Waals surface area contributed by atoms with Crippen molar-refractivity contribution < 1.29 is 18.0 Å². The van der Waals surface area contributed by atoms with Crippen LogP contribution in [0.3, 0.4) is 0 Å². The molecule has 1 aromatic heterocycles. The molecule has 0 unspecified atom stereocenters. The number of nitrogens with zero attached hydrogens (tertiary/aromatic N) is 4. The van der Waals surface area contributed by atoms with E-state index in [0.29, 0.717) is 24.9 Å². The molecule has 2 aliphatic heterocycles. The molecule has 0 spiro atoms. The third kappa shape index (κ3) is 4.19. The van der Waals surface area contributed by atoms with Gasteiger partial charge in [0.2, 0.25) is 0 Å². The molecule has 3 heterocycles. The van der Waals surface area contributed by atoms with E-state index in [9.17, 15) is 18.0 Å². The number of anilines is 1. The maximum atomic E-state index is 12.6. The van der Waals surface area contributed by atoms with Gasteiger partial charge in [-0.3, -0.25) is 4.90 Å². The van der Waals surface area contributed by atoms with Gasteiger partial charge in [0.1, 0.15) is 5.82 Å². The zero-order valence-corrected chi connectivity index (χ0v) is 15.8. The first-order valence-corrected chi connectivity index (χ1v) is 9.98. The minimum absolute atomic E-state index is 0.00412. The summed E-state index contributed by atoms with van der Waals surface area (Å²) in [5.74, 6) is 0.503. The third-order valence-corrected chi connectivity index (χ3v) is 6.05. The number of carbonyl (C=O) groups is 1. The van der Waals surface area contributed by atoms with E-state index < -0.39 is 11.7 Å². The second-order valence-corrected chi connectivity index (χ2v) is 7.92. The maximum absolute atomic E-state index is 12.6. The van der Waals surface area contributed by atoms with E-state index in [-0.39, 0.29) is 12.1 Å². The van der Waals surface area contributed by atoms with Crippen molar-refractivity contribution in [2.75, 3.05) is 44.2 Å². The lowest BCUT2D eigenvalue weighted by Gasteiger charge is -2.42. The van der Waals surface area contributed by atoms with E-state index in [2.05, 4.69) is 15.2 Å². The molecular formula is C19H26F3N5O. The van der Waals surface area contributed by atoms with E-state index >= 15 is 0 Å². The molecule has 1 aliphatic carbocycles. The average Bonchev–Trinajstić information content (AvgIpc) is 3.18. The predicted octanol–water partition coefficient (Wildman–Crippen LogP) is 2.56. The predicted molar refractivity (Wildman–Crippen MR) is 99.2 cm³/mol. The zero-order chi connectivity index (χ0) is 19.7. The second kappa shape index (κ2) is 7.77. The summed E-state index contributed by atoms with van der Waals surface area (Å²) in [6.07, 6.45) is 1.67. The number of urea groups is 1. The van der Waals surface area contributed by atoms with Crippen molar-refractivity contribution in [1.29, 1.82) is 0 Å². The van der Waals surface area contributed by atoms with Gasteiger partial charge in [0.05, 0.1) is 11.6 Å². The summed E-state index contributed by atoms with van der Waals surface area (Å²) < 4.78 is 37.8. The van der Waals surface area contributed by atoms with E-state index in [1.807, 2.05) is 9.80 Å². The number of hydrogen-bond donors (Lipinski definition) is 1. The number of alkyl halides is 3. The molecule has 0 atom stereocenters. The van der Waals surface area contributed by atoms with Gasteiger partial charge in [-0.25, -0.2) is 9.78 Å². The number of piperazine rings is 1. The van der Waals surface area contributed by atoms with Gasteiger partial charge in [0.25, 0.3) is 0 Å². The largest absolute Gasteiger partial charge is 0.417 e. The molecule has 0 aromatic carbocycles. The Hall–Kier alpha value is -2.03. The van der Waals surface area contributed by atoms with E-state index in [4.69, 9.17) is 0 Å². The van der Waals surface area contributed by atoms with Crippen molar-refractivity contribution in [1.82, 2.24) is 20.1 Å². The van der Waals surface area contributed by atoms with Crippen LogP contribution in [0.25, 0.3) is 0 Å². The van der Waals surface area contributed by atoms with Gasteiger partial charge >= 0.3 is 12.2 Å². The summed E-state index contributed by atoms with van der Waals surface area (Å²) in [4.78, 5) is 22.6. The van der Waals surface area contributed by atoms with Crippen LogP contribution in [-0.2, 0) is 6.18 Å². The van der Waals surface area contributed by atoms with Gasteiger partial charge < -0.3 is 15.1 Å². The number of nitrogens with one attached hydrogen (secondary N) is 1. The lowest BCUT2D eigenvalue weighted by Crippen LogP contribution is -2.63. The van der Waals surface area contributed by atoms with Crippen LogP contribution in [0.5, 0.6) is 0 Å². The molecule has 6 nitrogen and oxygen atoms in total. The lowest BCUT2D eigenvalue weighted by atomic mass is 10.1. The molecule has 9 heteroatoms. The molecule has 3 fully saturated rings. The highest BCUT2D eigenvalue weighted by molar-refractivity contribution is 5.75. The lowest BCUT2D eigenvalue weighted by molar-refractivity contribution is -0.137. The van der Waals surface area contributed by atoms with Crippen molar-refractivity contribution >= 4 is 11.8 Å². The Morgan fingerprint density at radius 1 is 1.07 bits per heavy atom. The average molecular weight is 397 g/mol. The first kappa shape index (κ1) is 19.3. The van der Waals surface area contributed by atoms with Crippen LogP contribution in [0.15, 0.2) is 18.3 Å². The highest BCUT2D eigenvalue weighted by Gasteiger charge is 2.34. The Morgan fingerprint density at radius 2 is 1.75 bits per heavy atom. The molecule has 2 saturated heterocycles. The fourth-order valence-electron chi connectivity index (χ4n) is 4.32. The number of amides is 2. The molecule has 1 N–H and O–H groups in total. The molecule has 2 amide bonds. The Labute approximate surface area is 162 Å². The number of halogens is 3. The molecule has 1 aromatic rings. The summed E-state index contributed by atoms with van der Waals surface area (Å²) in [6, 6.07) is 3.07. The van der Waals surface area contributed by atoms with Gasteiger partial charge in [-0.05, 0) is 25.0 Å². The molecule has 4 rings (SSSR count). The molecule has 154 valence electrons. The van der Waals surface area contributed by atoms with Gasteiger partial charge in [-0.2, -0.15) is 13.2 Å². The van der Waals surface area contributed by atoms with Crippen molar-refractivity contribution in [3.05, 3.63) is 23.9 Å². The van der Waals surface area contributed by atoms with E-state index in [1.165, 1.54) is 31.7 Å². The fourth-order valence-corrected chi connectivity index (χ4v) is 4.32. The molecule has 1 saturated carbocycles. The van der Waals surface area contributed by atoms with Gasteiger partial charge in [0.15, 0.2) is 0 Å². The molecular weight excluding hydrogens is 371 g/mol. The Kier molecular flexibility index (Phi) is 5.35. The maximum Gasteiger partial charge on any atom is 0.417 e. The summed E-state index contributed by atoms with van der Waals surface area (Å²) in [5.41, 5.74) is -0.752. The van der Waals surface area contributed by atoms with Crippen LogP contribution in [0.4, 0.5) is 23.8 Å². The standard InChI is InChI=1S/C19H26F3N5O/c20-19(21,22)14-5-6-17(23-11-14)27-12-15(13-27)24-18(28)26-9-7-25(8-10-26)16-3-1-2-4-16/h5-6,11,15-16H,1-4,7-10,12-13H2,(H,24,28). The van der Waals surface area contributed by atoms with Crippen molar-refractivity contribution in [2.24, 2.45) is 0 Å². The molecule has 0 bridgehead atoms. The number of pyridine rings is 1. The van der Waals surface area contributed by atoms with Crippen molar-refractivity contribution in [2.45, 2.75) is 43.9 Å². The number of carbonyl (C=O) groups excluding carboxylic acids is 1. The minimum Gasteiger partial charge on any atom is -0.352 e. The van der Waals surface area contributed by atoms with Crippen LogP contribution >= 0.6 is 0 Å². The monoisotopic (exact) mass is 397 g/mol. The third-order valence-electron chi connectivity index (χ3n) is 6.05. The Balaban J connectivity index is 1.20. The van der Waals surface area contributed by atoms with Crippen LogP contribution in [0, 0.1) is 0 Å². The quantitative estimate of drug-likeness (QED) is 0.852. The first-order chi connectivity index (χ1) is 13.4. The normalized spacial score (nSPS) is 22.4. The van der Waals surface area contributed by atoms with Crippen LogP contribution in [0.1, 0.15) is 31.2 Å². The van der Waals surface area contributed by atoms with Crippen LogP contribution in [0.2, 0.25) is 0 Å². The van der Waals surface area contributed by atoms with Crippen LogP contribution in [-0.4, -0.2) is 72.2 Å². The van der Waals surface area contributed by atoms with Gasteiger partial charge in [-0.15, -0.1) is 0 Å². The smallest absolute Gasteiger partial charge is 0.352 e. The van der Waals surface area contributed by atoms with E-state index in [0.717, 1.165) is 38.4 Å². The summed E-state index contributed by atoms with van der Waals surface area (Å²) in [5, 5.41) is 3.02. The summed E-state index contributed by atoms with van der Waals surface area (Å²) in [7, 11) is 0. The minimum atomic E-state index is -4.38. The molecule has 28 heavy (non-hydrogen) atoms. The topological polar surface area (TPSA) is 51.7 Å². The Morgan fingerprint density at radius 3 is 2.32 bits per heavy atom. The van der Waals surface area contributed by atoms with Gasteiger partial charge in [0, 0.05) is 51.5 Å². The summed E-state index contributed by atoms with van der Waals surface area (Å²) >= 11 is 0. The number of aromatic nitrogens is 1. The van der Waals surface area contributed by atoms with Crippen molar-refractivity contribution in [3.63, 3.8) is 0 Å². The molecule has 3 aliphatic rings. The number of hydrogen-bond acceptors (Lipinski definition) is 4. The van der Waals surface area contributed by atoms with Crippen molar-refractivity contribution in [3.8, 4) is 0 Å². The number of rotatable bonds is 3. The SMILES string of the molecule is O=C(NC1CN(c2ccc(C(F)(F)F)cn2)C1)N1CCN(C2CCCC2)CC1. The second-order valence-electron chi connectivity index (χ2n) is 7.92. The van der Waals surface area contributed by atoms with E-state index in [1.54, 1.807) is 0 Å². The highest BCUT2D eigenvalue weighted by atomic mass is 19.4. The molecule has 0 radical (unpaired) electrons. The Bertz CT molecular complexity index is 676. The zero-order valence-electron chi connectivity index (χ0n) is 15.8. The fraction of sp³-hybridized carbons (Fsp3) is 0.684. The van der Waals surface area contributed by atoms with Gasteiger partial charge in [-0.1, -0.05) is 12.8 Å². The first-order valence-electron chi connectivity index (χ1n) is 9.98. The van der Waals surface area contributed by atoms with Crippen LogP contribution < -0.4 is 10.2 Å². The highest BCUT2D eigenvalue weighted by Crippen LogP contribution is 2.30.